The quantitative estimate of drug-likeness (QED) is 0.772. The van der Waals surface area contributed by atoms with Crippen LogP contribution in [0.1, 0.15) is 44.9 Å². The third kappa shape index (κ3) is 3.21. The van der Waals surface area contributed by atoms with E-state index >= 15 is 0 Å². The van der Waals surface area contributed by atoms with Crippen LogP contribution in [0.4, 0.5) is 0 Å². The summed E-state index contributed by atoms with van der Waals surface area (Å²) in [6.07, 6.45) is 9.23. The minimum Gasteiger partial charge on any atom is -0.338 e. The van der Waals surface area contributed by atoms with E-state index in [1.165, 1.54) is 44.9 Å². The molecule has 2 saturated carbocycles. The first-order valence-electron chi connectivity index (χ1n) is 6.75. The summed E-state index contributed by atoms with van der Waals surface area (Å²) in [7, 11) is 1.85. The molecule has 1 amide bonds. The highest BCUT2D eigenvalue weighted by Gasteiger charge is 2.33. The van der Waals surface area contributed by atoms with Crippen molar-refractivity contribution in [3.05, 3.63) is 0 Å². The summed E-state index contributed by atoms with van der Waals surface area (Å²) in [5, 5.41) is 2.98. The van der Waals surface area contributed by atoms with E-state index in [2.05, 4.69) is 10.2 Å². The highest BCUT2D eigenvalue weighted by Crippen LogP contribution is 2.31. The van der Waals surface area contributed by atoms with Gasteiger partial charge in [0.2, 0.25) is 5.91 Å². The zero-order valence-electron chi connectivity index (χ0n) is 10.4. The molecule has 0 aliphatic heterocycles. The second kappa shape index (κ2) is 5.67. The van der Waals surface area contributed by atoms with Crippen LogP contribution in [0.5, 0.6) is 0 Å². The Morgan fingerprint density at radius 1 is 1.19 bits per heavy atom. The molecule has 0 unspecified atom stereocenters. The average molecular weight is 224 g/mol. The van der Waals surface area contributed by atoms with Gasteiger partial charge < -0.3 is 10.2 Å². The number of carbonyl (C=O) groups excluding carboxylic acids is 1. The molecule has 0 radical (unpaired) electrons. The maximum absolute atomic E-state index is 12.0. The Labute approximate surface area is 98.6 Å². The van der Waals surface area contributed by atoms with Crippen LogP contribution in [0.25, 0.3) is 0 Å². The van der Waals surface area contributed by atoms with Crippen molar-refractivity contribution in [2.75, 3.05) is 20.1 Å². The fourth-order valence-electron chi connectivity index (χ4n) is 2.74. The predicted molar refractivity (Wildman–Crippen MR) is 65.2 cm³/mol. The molecular weight excluding hydrogens is 200 g/mol. The van der Waals surface area contributed by atoms with Gasteiger partial charge in [0, 0.05) is 12.6 Å². The number of likely N-dealkylation sites (N-methyl/N-ethyl adjacent to an activating group) is 1. The van der Waals surface area contributed by atoms with E-state index in [9.17, 15) is 4.79 Å². The van der Waals surface area contributed by atoms with Crippen LogP contribution in [-0.4, -0.2) is 37.0 Å². The van der Waals surface area contributed by atoms with E-state index in [0.29, 0.717) is 18.5 Å². The normalized spacial score (nSPS) is 22.1. The average Bonchev–Trinajstić information content (AvgIpc) is 3.11. The third-order valence-corrected chi connectivity index (χ3v) is 3.82. The molecule has 0 aromatic heterocycles. The van der Waals surface area contributed by atoms with Crippen molar-refractivity contribution in [3.8, 4) is 0 Å². The predicted octanol–water partition coefficient (Wildman–Crippen LogP) is 1.78. The SMILES string of the molecule is CNCC(=O)N(CC1CCCCC1)C1CC1. The van der Waals surface area contributed by atoms with E-state index in [4.69, 9.17) is 0 Å². The van der Waals surface area contributed by atoms with Gasteiger partial charge in [-0.25, -0.2) is 0 Å². The number of amides is 1. The van der Waals surface area contributed by atoms with Crippen LogP contribution >= 0.6 is 0 Å². The Balaban J connectivity index is 1.83. The Kier molecular flexibility index (Phi) is 4.22. The summed E-state index contributed by atoms with van der Waals surface area (Å²) < 4.78 is 0. The Bertz CT molecular complexity index is 232. The summed E-state index contributed by atoms with van der Waals surface area (Å²) in [6.45, 7) is 1.52. The molecule has 0 aromatic rings. The van der Waals surface area contributed by atoms with Gasteiger partial charge in [-0.2, -0.15) is 0 Å². The van der Waals surface area contributed by atoms with Crippen LogP contribution in [0.15, 0.2) is 0 Å². The van der Waals surface area contributed by atoms with Gasteiger partial charge in [-0.15, -0.1) is 0 Å². The first kappa shape index (κ1) is 11.9. The van der Waals surface area contributed by atoms with Gasteiger partial charge in [-0.1, -0.05) is 19.3 Å². The molecule has 0 spiro atoms. The summed E-state index contributed by atoms with van der Waals surface area (Å²) in [4.78, 5) is 14.1. The van der Waals surface area contributed by atoms with Gasteiger partial charge in [-0.3, -0.25) is 4.79 Å². The fourth-order valence-corrected chi connectivity index (χ4v) is 2.74. The van der Waals surface area contributed by atoms with Gasteiger partial charge in [0.1, 0.15) is 0 Å². The van der Waals surface area contributed by atoms with Crippen molar-refractivity contribution < 1.29 is 4.79 Å². The van der Waals surface area contributed by atoms with Crippen molar-refractivity contribution in [2.45, 2.75) is 51.0 Å². The largest absolute Gasteiger partial charge is 0.338 e. The van der Waals surface area contributed by atoms with Gasteiger partial charge >= 0.3 is 0 Å². The minimum atomic E-state index is 0.301. The summed E-state index contributed by atoms with van der Waals surface area (Å²) in [6, 6.07) is 0.572. The highest BCUT2D eigenvalue weighted by molar-refractivity contribution is 5.78. The van der Waals surface area contributed by atoms with E-state index in [1.807, 2.05) is 7.05 Å². The Morgan fingerprint density at radius 3 is 2.44 bits per heavy atom. The number of carbonyl (C=O) groups is 1. The van der Waals surface area contributed by atoms with Crippen LogP contribution < -0.4 is 5.32 Å². The number of rotatable bonds is 5. The van der Waals surface area contributed by atoms with Gasteiger partial charge in [-0.05, 0) is 38.6 Å². The lowest BCUT2D eigenvalue weighted by Crippen LogP contribution is -2.41. The lowest BCUT2D eigenvalue weighted by Gasteiger charge is -2.30. The monoisotopic (exact) mass is 224 g/mol. The molecule has 0 saturated heterocycles. The molecule has 2 fully saturated rings. The molecule has 2 rings (SSSR count). The number of nitrogens with zero attached hydrogens (tertiary/aromatic N) is 1. The molecule has 0 atom stereocenters. The number of hydrogen-bond acceptors (Lipinski definition) is 2. The standard InChI is InChI=1S/C13H24N2O/c1-14-9-13(16)15(12-7-8-12)10-11-5-3-2-4-6-11/h11-12,14H,2-10H2,1H3. The molecule has 0 aromatic carbocycles. The molecule has 0 bridgehead atoms. The van der Waals surface area contributed by atoms with Gasteiger partial charge in [0.25, 0.3) is 0 Å². The highest BCUT2D eigenvalue weighted by atomic mass is 16.2. The van der Waals surface area contributed by atoms with Crippen LogP contribution in [0, 0.1) is 5.92 Å². The van der Waals surface area contributed by atoms with E-state index < -0.39 is 0 Å². The molecule has 3 heteroatoms. The van der Waals surface area contributed by atoms with E-state index in [1.54, 1.807) is 0 Å². The lowest BCUT2D eigenvalue weighted by molar-refractivity contribution is -0.131. The van der Waals surface area contributed by atoms with E-state index in [0.717, 1.165) is 12.5 Å². The van der Waals surface area contributed by atoms with Crippen LogP contribution in [0.3, 0.4) is 0 Å². The molecule has 2 aliphatic rings. The smallest absolute Gasteiger partial charge is 0.236 e. The molecular formula is C13H24N2O. The van der Waals surface area contributed by atoms with Crippen molar-refractivity contribution in [3.63, 3.8) is 0 Å². The van der Waals surface area contributed by atoms with Crippen molar-refractivity contribution in [1.82, 2.24) is 10.2 Å². The molecule has 1 N–H and O–H groups in total. The molecule has 0 heterocycles. The molecule has 3 nitrogen and oxygen atoms in total. The second-order valence-corrected chi connectivity index (χ2v) is 5.31. The maximum Gasteiger partial charge on any atom is 0.236 e. The third-order valence-electron chi connectivity index (χ3n) is 3.82. The number of hydrogen-bond donors (Lipinski definition) is 1. The van der Waals surface area contributed by atoms with Crippen molar-refractivity contribution >= 4 is 5.91 Å². The number of nitrogens with one attached hydrogen (secondary N) is 1. The zero-order chi connectivity index (χ0) is 11.4. The first-order chi connectivity index (χ1) is 7.81. The molecule has 16 heavy (non-hydrogen) atoms. The van der Waals surface area contributed by atoms with Crippen molar-refractivity contribution in [2.24, 2.45) is 5.92 Å². The maximum atomic E-state index is 12.0. The first-order valence-corrected chi connectivity index (χ1v) is 6.75. The molecule has 92 valence electrons. The summed E-state index contributed by atoms with van der Waals surface area (Å²) >= 11 is 0. The van der Waals surface area contributed by atoms with Crippen LogP contribution in [0.2, 0.25) is 0 Å². The lowest BCUT2D eigenvalue weighted by atomic mass is 9.89. The Morgan fingerprint density at radius 2 is 1.88 bits per heavy atom. The summed E-state index contributed by atoms with van der Waals surface area (Å²) in [5.41, 5.74) is 0. The zero-order valence-corrected chi connectivity index (χ0v) is 10.4. The summed E-state index contributed by atoms with van der Waals surface area (Å²) in [5.74, 6) is 1.07. The Hall–Kier alpha value is -0.570. The van der Waals surface area contributed by atoms with Crippen LogP contribution in [-0.2, 0) is 4.79 Å². The minimum absolute atomic E-state index is 0.301. The van der Waals surface area contributed by atoms with Crippen molar-refractivity contribution in [1.29, 1.82) is 0 Å². The van der Waals surface area contributed by atoms with Gasteiger partial charge in [0.05, 0.1) is 6.54 Å². The topological polar surface area (TPSA) is 32.3 Å². The fraction of sp³-hybridized carbons (Fsp3) is 0.923. The van der Waals surface area contributed by atoms with E-state index in [-0.39, 0.29) is 0 Å². The molecule has 2 aliphatic carbocycles. The van der Waals surface area contributed by atoms with Gasteiger partial charge in [0.15, 0.2) is 0 Å². The second-order valence-electron chi connectivity index (χ2n) is 5.31.